The van der Waals surface area contributed by atoms with E-state index in [1.165, 1.54) is 18.4 Å². The maximum absolute atomic E-state index is 9.31. The van der Waals surface area contributed by atoms with Crippen LogP contribution in [0.4, 0.5) is 5.69 Å². The average molecular weight is 306 g/mol. The smallest absolute Gasteiger partial charge is 0.142 e. The van der Waals surface area contributed by atoms with E-state index >= 15 is 0 Å². The highest BCUT2D eigenvalue weighted by Gasteiger charge is 2.24. The van der Waals surface area contributed by atoms with E-state index in [2.05, 4.69) is 42.3 Å². The van der Waals surface area contributed by atoms with Gasteiger partial charge < -0.3 is 20.1 Å². The Morgan fingerprint density at radius 1 is 1.36 bits per heavy atom. The Bertz CT molecular complexity index is 460. The molecule has 1 unspecified atom stereocenters. The van der Waals surface area contributed by atoms with E-state index in [0.29, 0.717) is 12.1 Å². The Morgan fingerprint density at radius 3 is 2.86 bits per heavy atom. The molecule has 22 heavy (non-hydrogen) atoms. The predicted octanol–water partition coefficient (Wildman–Crippen LogP) is 2.93. The van der Waals surface area contributed by atoms with Crippen LogP contribution in [-0.2, 0) is 6.54 Å². The molecule has 1 heterocycles. The summed E-state index contributed by atoms with van der Waals surface area (Å²) in [6.45, 7) is 6.45. The van der Waals surface area contributed by atoms with E-state index in [1.54, 1.807) is 7.11 Å². The van der Waals surface area contributed by atoms with Gasteiger partial charge in [-0.1, -0.05) is 19.9 Å². The number of aliphatic hydroxyl groups is 1. The van der Waals surface area contributed by atoms with E-state index in [0.717, 1.165) is 37.4 Å². The lowest BCUT2D eigenvalue weighted by molar-refractivity contribution is 0.262. The second-order valence-electron chi connectivity index (χ2n) is 6.40. The van der Waals surface area contributed by atoms with Crippen molar-refractivity contribution in [2.45, 2.75) is 58.2 Å². The van der Waals surface area contributed by atoms with Crippen LogP contribution in [0.1, 0.15) is 45.1 Å². The Morgan fingerprint density at radius 2 is 2.18 bits per heavy atom. The fraction of sp³-hybridized carbons (Fsp3) is 0.667. The summed E-state index contributed by atoms with van der Waals surface area (Å²) in [6.07, 6.45) is 4.45. The zero-order valence-electron chi connectivity index (χ0n) is 14.1. The van der Waals surface area contributed by atoms with Gasteiger partial charge in [0.2, 0.25) is 0 Å². The van der Waals surface area contributed by atoms with Crippen molar-refractivity contribution in [2.24, 2.45) is 0 Å². The molecular weight excluding hydrogens is 276 g/mol. The molecule has 2 N–H and O–H groups in total. The number of nitrogens with one attached hydrogen (secondary N) is 1. The number of aliphatic hydroxyl groups excluding tert-OH is 1. The Balaban J connectivity index is 2.18. The molecule has 0 spiro atoms. The Labute approximate surface area is 134 Å². The summed E-state index contributed by atoms with van der Waals surface area (Å²) in [5.74, 6) is 0.938. The molecule has 1 aromatic carbocycles. The van der Waals surface area contributed by atoms with Crippen LogP contribution in [0.3, 0.4) is 0 Å². The highest BCUT2D eigenvalue weighted by Crippen LogP contribution is 2.34. The Kier molecular flexibility index (Phi) is 6.52. The lowest BCUT2D eigenvalue weighted by atomic mass is 9.98. The summed E-state index contributed by atoms with van der Waals surface area (Å²) in [5, 5.41) is 12.7. The van der Waals surface area contributed by atoms with Gasteiger partial charge in [-0.2, -0.15) is 0 Å². The molecular formula is C18H30N2O2. The fourth-order valence-electron chi connectivity index (χ4n) is 3.16. The first-order chi connectivity index (χ1) is 10.7. The number of ether oxygens (including phenoxy) is 1. The largest absolute Gasteiger partial charge is 0.495 e. The lowest BCUT2D eigenvalue weighted by Gasteiger charge is -2.38. The van der Waals surface area contributed by atoms with Gasteiger partial charge in [0.1, 0.15) is 5.75 Å². The van der Waals surface area contributed by atoms with Gasteiger partial charge in [0.25, 0.3) is 0 Å². The van der Waals surface area contributed by atoms with Crippen LogP contribution >= 0.6 is 0 Å². The minimum absolute atomic E-state index is 0.250. The molecule has 1 aliphatic rings. The maximum Gasteiger partial charge on any atom is 0.142 e. The summed E-state index contributed by atoms with van der Waals surface area (Å²) in [5.41, 5.74) is 2.40. The van der Waals surface area contributed by atoms with E-state index in [1.807, 2.05) is 0 Å². The molecule has 1 fully saturated rings. The molecule has 0 amide bonds. The number of anilines is 1. The average Bonchev–Trinajstić information content (AvgIpc) is 2.53. The third kappa shape index (κ3) is 4.37. The van der Waals surface area contributed by atoms with Crippen molar-refractivity contribution < 1.29 is 9.84 Å². The van der Waals surface area contributed by atoms with E-state index in [4.69, 9.17) is 4.74 Å². The second-order valence-corrected chi connectivity index (χ2v) is 6.40. The molecule has 0 saturated carbocycles. The van der Waals surface area contributed by atoms with Gasteiger partial charge in [-0.25, -0.2) is 0 Å². The molecule has 0 radical (unpaired) electrons. The molecule has 1 atom stereocenters. The molecule has 0 bridgehead atoms. The number of hydrogen-bond acceptors (Lipinski definition) is 4. The van der Waals surface area contributed by atoms with Gasteiger partial charge >= 0.3 is 0 Å². The minimum atomic E-state index is 0.250. The number of piperidine rings is 1. The van der Waals surface area contributed by atoms with Crippen molar-refractivity contribution in [3.05, 3.63) is 23.8 Å². The van der Waals surface area contributed by atoms with Gasteiger partial charge in [-0.05, 0) is 43.4 Å². The Hall–Kier alpha value is -1.26. The van der Waals surface area contributed by atoms with Crippen LogP contribution < -0.4 is 15.0 Å². The van der Waals surface area contributed by atoms with Crippen molar-refractivity contribution in [3.8, 4) is 5.75 Å². The maximum atomic E-state index is 9.31. The van der Waals surface area contributed by atoms with Gasteiger partial charge in [0, 0.05) is 31.8 Å². The molecule has 0 aromatic heterocycles. The van der Waals surface area contributed by atoms with E-state index in [9.17, 15) is 5.11 Å². The van der Waals surface area contributed by atoms with Crippen molar-refractivity contribution >= 4 is 5.69 Å². The third-order valence-electron chi connectivity index (χ3n) is 4.36. The SMILES string of the molecule is COc1cc(CNC(C)C)ccc1N1CCCCC1CCO. The van der Waals surface area contributed by atoms with Crippen LogP contribution in [-0.4, -0.2) is 37.5 Å². The monoisotopic (exact) mass is 306 g/mol. The van der Waals surface area contributed by atoms with Crippen molar-refractivity contribution in [3.63, 3.8) is 0 Å². The number of benzene rings is 1. The summed E-state index contributed by atoms with van der Waals surface area (Å²) >= 11 is 0. The molecule has 1 saturated heterocycles. The van der Waals surface area contributed by atoms with Crippen LogP contribution in [0.25, 0.3) is 0 Å². The zero-order chi connectivity index (χ0) is 15.9. The normalized spacial score (nSPS) is 18.8. The highest BCUT2D eigenvalue weighted by atomic mass is 16.5. The van der Waals surface area contributed by atoms with Gasteiger partial charge in [0.05, 0.1) is 12.8 Å². The van der Waals surface area contributed by atoms with Gasteiger partial charge in [-0.15, -0.1) is 0 Å². The molecule has 0 aliphatic carbocycles. The summed E-state index contributed by atoms with van der Waals surface area (Å²) < 4.78 is 5.64. The second kappa shape index (κ2) is 8.39. The van der Waals surface area contributed by atoms with E-state index in [-0.39, 0.29) is 6.61 Å². The van der Waals surface area contributed by atoms with Crippen LogP contribution in [0, 0.1) is 0 Å². The molecule has 1 aliphatic heterocycles. The molecule has 4 heteroatoms. The highest BCUT2D eigenvalue weighted by molar-refractivity contribution is 5.60. The molecule has 4 nitrogen and oxygen atoms in total. The first-order valence-electron chi connectivity index (χ1n) is 8.43. The topological polar surface area (TPSA) is 44.7 Å². The quantitative estimate of drug-likeness (QED) is 0.813. The molecule has 2 rings (SSSR count). The lowest BCUT2D eigenvalue weighted by Crippen LogP contribution is -2.40. The standard InChI is InChI=1S/C18H30N2O2/c1-14(2)19-13-15-7-8-17(18(12-15)22-3)20-10-5-4-6-16(20)9-11-21/h7-8,12,14,16,19,21H,4-6,9-11,13H2,1-3H3. The minimum Gasteiger partial charge on any atom is -0.495 e. The first-order valence-corrected chi connectivity index (χ1v) is 8.43. The summed E-state index contributed by atoms with van der Waals surface area (Å²) in [4.78, 5) is 2.41. The van der Waals surface area contributed by atoms with Crippen molar-refractivity contribution in [2.75, 3.05) is 25.2 Å². The van der Waals surface area contributed by atoms with Crippen LogP contribution in [0.15, 0.2) is 18.2 Å². The summed E-state index contributed by atoms with van der Waals surface area (Å²) in [6, 6.07) is 7.38. The fourth-order valence-corrected chi connectivity index (χ4v) is 3.16. The predicted molar refractivity (Wildman–Crippen MR) is 91.7 cm³/mol. The summed E-state index contributed by atoms with van der Waals surface area (Å²) in [7, 11) is 1.74. The van der Waals surface area contributed by atoms with Crippen LogP contribution in [0.2, 0.25) is 0 Å². The number of rotatable bonds is 7. The van der Waals surface area contributed by atoms with Gasteiger partial charge in [-0.3, -0.25) is 0 Å². The van der Waals surface area contributed by atoms with Crippen molar-refractivity contribution in [1.82, 2.24) is 5.32 Å². The van der Waals surface area contributed by atoms with Crippen LogP contribution in [0.5, 0.6) is 5.75 Å². The third-order valence-corrected chi connectivity index (χ3v) is 4.36. The first kappa shape index (κ1) is 17.1. The van der Waals surface area contributed by atoms with E-state index < -0.39 is 0 Å². The number of methoxy groups -OCH3 is 1. The number of nitrogens with zero attached hydrogens (tertiary/aromatic N) is 1. The molecule has 124 valence electrons. The van der Waals surface area contributed by atoms with Gasteiger partial charge in [0.15, 0.2) is 0 Å². The zero-order valence-corrected chi connectivity index (χ0v) is 14.1. The number of hydrogen-bond donors (Lipinski definition) is 2. The van der Waals surface area contributed by atoms with Crippen molar-refractivity contribution in [1.29, 1.82) is 0 Å². The molecule has 1 aromatic rings.